The number of hydrogen-bond donors (Lipinski definition) is 1. The number of aliphatic hydroxyl groups is 1. The maximum atomic E-state index is 13.0. The molecular weight excluding hydrogens is 382 g/mol. The van der Waals surface area contributed by atoms with E-state index in [2.05, 4.69) is 0 Å². The van der Waals surface area contributed by atoms with Crippen LogP contribution >= 0.6 is 0 Å². The molecule has 0 aliphatic carbocycles. The van der Waals surface area contributed by atoms with Gasteiger partial charge in [-0.25, -0.2) is 0 Å². The number of Topliss-reactive ketones (excluding diaryl/α,β-unsaturated/α-hetero) is 1. The normalized spacial score (nSPS) is 18.1. The molecular formula is C24H21NO5. The van der Waals surface area contributed by atoms with E-state index in [9.17, 15) is 14.7 Å². The SMILES string of the molecule is COc1ccc(/C(O)=C2/C(=O)C(=O)N(c3ccc(C)cc3)C2c2ccco2)c(C)c1. The van der Waals surface area contributed by atoms with Crippen molar-refractivity contribution < 1.29 is 23.8 Å². The summed E-state index contributed by atoms with van der Waals surface area (Å²) in [4.78, 5) is 27.4. The molecule has 1 aliphatic heterocycles. The second-order valence-electron chi connectivity index (χ2n) is 7.20. The highest BCUT2D eigenvalue weighted by molar-refractivity contribution is 6.51. The molecule has 3 aromatic rings. The summed E-state index contributed by atoms with van der Waals surface area (Å²) in [5.74, 6) is -0.698. The molecule has 0 bridgehead atoms. The summed E-state index contributed by atoms with van der Waals surface area (Å²) in [6.45, 7) is 3.74. The Balaban J connectivity index is 1.92. The second-order valence-corrected chi connectivity index (χ2v) is 7.20. The van der Waals surface area contributed by atoms with Gasteiger partial charge >= 0.3 is 0 Å². The molecule has 1 atom stereocenters. The standard InChI is InChI=1S/C24H21NO5/c1-14-6-8-16(9-7-14)25-21(19-5-4-12-30-19)20(23(27)24(25)28)22(26)18-11-10-17(29-3)13-15(18)2/h4-13,21,26H,1-3H3/b22-20-. The maximum absolute atomic E-state index is 13.0. The molecule has 0 spiro atoms. The van der Waals surface area contributed by atoms with Crippen molar-refractivity contribution in [3.63, 3.8) is 0 Å². The molecule has 6 heteroatoms. The monoisotopic (exact) mass is 403 g/mol. The first kappa shape index (κ1) is 19.5. The molecule has 2 aromatic carbocycles. The molecule has 1 saturated heterocycles. The molecule has 1 N–H and O–H groups in total. The van der Waals surface area contributed by atoms with Gasteiger partial charge in [-0.05, 0) is 61.9 Å². The zero-order valence-electron chi connectivity index (χ0n) is 16.9. The Labute approximate surface area is 174 Å². The van der Waals surface area contributed by atoms with Crippen molar-refractivity contribution in [2.75, 3.05) is 12.0 Å². The van der Waals surface area contributed by atoms with Crippen LogP contribution in [0.2, 0.25) is 0 Å². The van der Waals surface area contributed by atoms with Gasteiger partial charge < -0.3 is 14.3 Å². The highest BCUT2D eigenvalue weighted by Gasteiger charge is 2.48. The van der Waals surface area contributed by atoms with Gasteiger partial charge in [0.1, 0.15) is 23.3 Å². The van der Waals surface area contributed by atoms with Crippen LogP contribution in [0, 0.1) is 13.8 Å². The third-order valence-corrected chi connectivity index (χ3v) is 5.26. The number of ketones is 1. The molecule has 1 aliphatic rings. The summed E-state index contributed by atoms with van der Waals surface area (Å²) in [5, 5.41) is 11.1. The molecule has 4 rings (SSSR count). The molecule has 30 heavy (non-hydrogen) atoms. The van der Waals surface area contributed by atoms with Crippen molar-refractivity contribution in [3.8, 4) is 5.75 Å². The fourth-order valence-electron chi connectivity index (χ4n) is 3.69. The van der Waals surface area contributed by atoms with Crippen LogP contribution < -0.4 is 9.64 Å². The Kier molecular flexibility index (Phi) is 4.91. The summed E-state index contributed by atoms with van der Waals surface area (Å²) in [6.07, 6.45) is 1.48. The lowest BCUT2D eigenvalue weighted by Gasteiger charge is -2.23. The molecule has 2 heterocycles. The Bertz CT molecular complexity index is 1140. The predicted octanol–water partition coefficient (Wildman–Crippen LogP) is 4.53. The molecule has 152 valence electrons. The Hall–Kier alpha value is -3.80. The van der Waals surface area contributed by atoms with Gasteiger partial charge in [0.15, 0.2) is 0 Å². The van der Waals surface area contributed by atoms with Crippen LogP contribution in [0.5, 0.6) is 5.75 Å². The van der Waals surface area contributed by atoms with Crippen molar-refractivity contribution >= 4 is 23.1 Å². The quantitative estimate of drug-likeness (QED) is 0.393. The van der Waals surface area contributed by atoms with Crippen LogP contribution in [0.4, 0.5) is 5.69 Å². The molecule has 1 amide bonds. The summed E-state index contributed by atoms with van der Waals surface area (Å²) in [7, 11) is 1.55. The predicted molar refractivity (Wildman–Crippen MR) is 112 cm³/mol. The number of methoxy groups -OCH3 is 1. The molecule has 1 fully saturated rings. The van der Waals surface area contributed by atoms with Gasteiger partial charge in [0, 0.05) is 11.3 Å². The minimum absolute atomic E-state index is 0.0104. The topological polar surface area (TPSA) is 80.0 Å². The molecule has 0 radical (unpaired) electrons. The zero-order valence-corrected chi connectivity index (χ0v) is 16.9. The van der Waals surface area contributed by atoms with Gasteiger partial charge in [-0.15, -0.1) is 0 Å². The number of hydrogen-bond acceptors (Lipinski definition) is 5. The number of aryl methyl sites for hydroxylation is 2. The van der Waals surface area contributed by atoms with Gasteiger partial charge in [-0.1, -0.05) is 17.7 Å². The van der Waals surface area contributed by atoms with Crippen LogP contribution in [0.15, 0.2) is 70.9 Å². The fraction of sp³-hybridized carbons (Fsp3) is 0.167. The van der Waals surface area contributed by atoms with E-state index in [-0.39, 0.29) is 11.3 Å². The van der Waals surface area contributed by atoms with Crippen molar-refractivity contribution in [1.29, 1.82) is 0 Å². The second kappa shape index (κ2) is 7.55. The van der Waals surface area contributed by atoms with Gasteiger partial charge in [0.2, 0.25) is 0 Å². The lowest BCUT2D eigenvalue weighted by atomic mass is 9.96. The molecule has 1 unspecified atom stereocenters. The Morgan fingerprint density at radius 2 is 1.80 bits per heavy atom. The van der Waals surface area contributed by atoms with Crippen molar-refractivity contribution in [1.82, 2.24) is 0 Å². The lowest BCUT2D eigenvalue weighted by molar-refractivity contribution is -0.132. The third-order valence-electron chi connectivity index (χ3n) is 5.26. The number of carbonyl (C=O) groups is 2. The van der Waals surface area contributed by atoms with E-state index in [1.807, 2.05) is 19.1 Å². The third kappa shape index (κ3) is 3.16. The number of aliphatic hydroxyl groups excluding tert-OH is 1. The van der Waals surface area contributed by atoms with Gasteiger partial charge in [0.25, 0.3) is 11.7 Å². The molecule has 1 aromatic heterocycles. The largest absolute Gasteiger partial charge is 0.507 e. The van der Waals surface area contributed by atoms with E-state index in [0.717, 1.165) is 5.56 Å². The highest BCUT2D eigenvalue weighted by Crippen LogP contribution is 2.42. The van der Waals surface area contributed by atoms with Gasteiger partial charge in [0.05, 0.1) is 18.9 Å². The smallest absolute Gasteiger partial charge is 0.300 e. The highest BCUT2D eigenvalue weighted by atomic mass is 16.5. The van der Waals surface area contributed by atoms with E-state index in [1.165, 1.54) is 11.2 Å². The average Bonchev–Trinajstić information content (AvgIpc) is 3.35. The van der Waals surface area contributed by atoms with Gasteiger partial charge in [-0.2, -0.15) is 0 Å². The first-order chi connectivity index (χ1) is 14.4. The number of benzene rings is 2. The zero-order chi connectivity index (χ0) is 21.4. The van der Waals surface area contributed by atoms with Crippen molar-refractivity contribution in [2.24, 2.45) is 0 Å². The first-order valence-electron chi connectivity index (χ1n) is 9.48. The number of rotatable bonds is 4. The van der Waals surface area contributed by atoms with Crippen LogP contribution in [-0.2, 0) is 9.59 Å². The number of ether oxygens (including phenoxy) is 1. The first-order valence-corrected chi connectivity index (χ1v) is 9.48. The number of anilines is 1. The number of amides is 1. The summed E-state index contributed by atoms with van der Waals surface area (Å²) in [5.41, 5.74) is 2.73. The van der Waals surface area contributed by atoms with E-state index in [0.29, 0.717) is 28.3 Å². The van der Waals surface area contributed by atoms with Crippen molar-refractivity contribution in [2.45, 2.75) is 19.9 Å². The molecule has 6 nitrogen and oxygen atoms in total. The maximum Gasteiger partial charge on any atom is 0.300 e. The van der Waals surface area contributed by atoms with Crippen LogP contribution in [0.1, 0.15) is 28.5 Å². The van der Waals surface area contributed by atoms with E-state index >= 15 is 0 Å². The summed E-state index contributed by atoms with van der Waals surface area (Å²) >= 11 is 0. The number of carbonyl (C=O) groups excluding carboxylic acids is 2. The minimum Gasteiger partial charge on any atom is -0.507 e. The Morgan fingerprint density at radius 3 is 2.40 bits per heavy atom. The van der Waals surface area contributed by atoms with Crippen LogP contribution in [-0.4, -0.2) is 23.9 Å². The van der Waals surface area contributed by atoms with Crippen LogP contribution in [0.3, 0.4) is 0 Å². The van der Waals surface area contributed by atoms with E-state index < -0.39 is 17.7 Å². The van der Waals surface area contributed by atoms with E-state index in [1.54, 1.807) is 56.5 Å². The molecule has 0 saturated carbocycles. The minimum atomic E-state index is -0.871. The van der Waals surface area contributed by atoms with Crippen molar-refractivity contribution in [3.05, 3.63) is 88.9 Å². The average molecular weight is 403 g/mol. The summed E-state index contributed by atoms with van der Waals surface area (Å²) in [6, 6.07) is 14.9. The lowest BCUT2D eigenvalue weighted by Crippen LogP contribution is -2.29. The Morgan fingerprint density at radius 1 is 1.07 bits per heavy atom. The van der Waals surface area contributed by atoms with Crippen LogP contribution in [0.25, 0.3) is 5.76 Å². The van der Waals surface area contributed by atoms with E-state index in [4.69, 9.17) is 9.15 Å². The fourth-order valence-corrected chi connectivity index (χ4v) is 3.69. The number of nitrogens with zero attached hydrogens (tertiary/aromatic N) is 1. The van der Waals surface area contributed by atoms with Gasteiger partial charge in [-0.3, -0.25) is 14.5 Å². The number of furan rings is 1. The summed E-state index contributed by atoms with van der Waals surface area (Å²) < 4.78 is 10.8.